The molecule has 0 aliphatic carbocycles. The molecule has 1 saturated heterocycles. The first kappa shape index (κ1) is 12.5. The van der Waals surface area contributed by atoms with E-state index in [1.165, 1.54) is 0 Å². The molecule has 0 aromatic carbocycles. The summed E-state index contributed by atoms with van der Waals surface area (Å²) in [6, 6.07) is 0. The summed E-state index contributed by atoms with van der Waals surface area (Å²) in [5.74, 6) is 0. The number of rotatable bonds is 5. The fraction of sp³-hybridized carbons (Fsp3) is 0.700. The molecule has 2 heterocycles. The summed E-state index contributed by atoms with van der Waals surface area (Å²) >= 11 is 0. The van der Waals surface area contributed by atoms with Gasteiger partial charge in [0.15, 0.2) is 0 Å². The Labute approximate surface area is 101 Å². The minimum Gasteiger partial charge on any atom is -0.336 e. The summed E-state index contributed by atoms with van der Waals surface area (Å²) < 4.78 is 28.4. The largest absolute Gasteiger partial charge is 0.336 e. The molecular formula is C10H18N4O2S. The van der Waals surface area contributed by atoms with Crippen molar-refractivity contribution in [1.82, 2.24) is 19.6 Å². The van der Waals surface area contributed by atoms with Crippen molar-refractivity contribution < 1.29 is 8.42 Å². The van der Waals surface area contributed by atoms with Crippen LogP contribution < -0.4 is 10.0 Å². The number of nitrogens with zero attached hydrogens (tertiary/aromatic N) is 2. The summed E-state index contributed by atoms with van der Waals surface area (Å²) in [5, 5.41) is 2.92. The number of hydrogen-bond donors (Lipinski definition) is 2. The van der Waals surface area contributed by atoms with Gasteiger partial charge in [-0.3, -0.25) is 0 Å². The van der Waals surface area contributed by atoms with Gasteiger partial charge in [0.05, 0.1) is 11.6 Å². The zero-order chi connectivity index (χ0) is 12.1. The van der Waals surface area contributed by atoms with Crippen LogP contribution in [0.15, 0.2) is 18.7 Å². The molecule has 0 unspecified atom stereocenters. The molecule has 1 aromatic rings. The molecule has 0 saturated carbocycles. The average molecular weight is 258 g/mol. The molecule has 2 rings (SSSR count). The number of hydrogen-bond acceptors (Lipinski definition) is 4. The predicted octanol–water partition coefficient (Wildman–Crippen LogP) is -0.445. The van der Waals surface area contributed by atoms with Crippen LogP contribution in [0.2, 0.25) is 0 Å². The second kappa shape index (κ2) is 5.61. The van der Waals surface area contributed by atoms with Crippen LogP contribution in [0.5, 0.6) is 0 Å². The molecule has 1 aromatic heterocycles. The van der Waals surface area contributed by atoms with E-state index in [-0.39, 0.29) is 5.25 Å². The van der Waals surface area contributed by atoms with Crippen LogP contribution in [0, 0.1) is 0 Å². The minimum absolute atomic E-state index is 0.244. The van der Waals surface area contributed by atoms with Crippen molar-refractivity contribution in [2.75, 3.05) is 19.6 Å². The van der Waals surface area contributed by atoms with Crippen LogP contribution >= 0.6 is 0 Å². The number of piperidine rings is 1. The lowest BCUT2D eigenvalue weighted by atomic mass is 10.2. The Morgan fingerprint density at radius 1 is 1.41 bits per heavy atom. The lowest BCUT2D eigenvalue weighted by molar-refractivity contribution is 0.487. The third kappa shape index (κ3) is 3.52. The van der Waals surface area contributed by atoms with Crippen LogP contribution in [0.1, 0.15) is 12.8 Å². The van der Waals surface area contributed by atoms with Crippen LogP contribution in [-0.4, -0.2) is 42.9 Å². The van der Waals surface area contributed by atoms with Gasteiger partial charge in [0, 0.05) is 25.5 Å². The zero-order valence-electron chi connectivity index (χ0n) is 9.67. The first-order valence-electron chi connectivity index (χ1n) is 5.83. The van der Waals surface area contributed by atoms with Crippen molar-refractivity contribution in [3.63, 3.8) is 0 Å². The van der Waals surface area contributed by atoms with Crippen molar-refractivity contribution in [3.05, 3.63) is 18.7 Å². The highest BCUT2D eigenvalue weighted by atomic mass is 32.2. The lowest BCUT2D eigenvalue weighted by Crippen LogP contribution is -2.42. The van der Waals surface area contributed by atoms with E-state index in [0.717, 1.165) is 13.1 Å². The summed E-state index contributed by atoms with van der Waals surface area (Å²) in [4.78, 5) is 3.90. The van der Waals surface area contributed by atoms with E-state index >= 15 is 0 Å². The molecular weight excluding hydrogens is 240 g/mol. The second-order valence-corrected chi connectivity index (χ2v) is 6.23. The van der Waals surface area contributed by atoms with Gasteiger partial charge in [-0.15, -0.1) is 0 Å². The molecule has 0 amide bonds. The van der Waals surface area contributed by atoms with E-state index in [9.17, 15) is 8.42 Å². The predicted molar refractivity (Wildman–Crippen MR) is 65.0 cm³/mol. The summed E-state index contributed by atoms with van der Waals surface area (Å²) in [6.07, 6.45) is 6.57. The zero-order valence-corrected chi connectivity index (χ0v) is 10.5. The number of sulfonamides is 1. The average Bonchev–Trinajstić information content (AvgIpc) is 2.83. The standard InChI is InChI=1S/C10H18N4O2S/c15-17(16,10-1-3-11-4-2-10)13-6-8-14-7-5-12-9-14/h5,7,9-11,13H,1-4,6,8H2. The van der Waals surface area contributed by atoms with Gasteiger partial charge >= 0.3 is 0 Å². The van der Waals surface area contributed by atoms with Crippen LogP contribution in [-0.2, 0) is 16.6 Å². The fourth-order valence-electron chi connectivity index (χ4n) is 1.96. The fourth-order valence-corrected chi connectivity index (χ4v) is 3.43. The molecule has 7 heteroatoms. The summed E-state index contributed by atoms with van der Waals surface area (Å²) in [5.41, 5.74) is 0. The Morgan fingerprint density at radius 3 is 2.82 bits per heavy atom. The second-order valence-electron chi connectivity index (χ2n) is 4.19. The van der Waals surface area contributed by atoms with Gasteiger partial charge in [0.2, 0.25) is 10.0 Å². The molecule has 1 aliphatic rings. The Kier molecular flexibility index (Phi) is 4.14. The molecule has 96 valence electrons. The van der Waals surface area contributed by atoms with Gasteiger partial charge in [0.25, 0.3) is 0 Å². The van der Waals surface area contributed by atoms with E-state index < -0.39 is 10.0 Å². The number of imidazole rings is 1. The van der Waals surface area contributed by atoms with E-state index in [1.807, 2.05) is 10.8 Å². The summed E-state index contributed by atoms with van der Waals surface area (Å²) in [6.45, 7) is 2.60. The molecule has 0 bridgehead atoms. The van der Waals surface area contributed by atoms with Crippen molar-refractivity contribution in [2.24, 2.45) is 0 Å². The molecule has 0 radical (unpaired) electrons. The van der Waals surface area contributed by atoms with E-state index in [1.54, 1.807) is 12.5 Å². The first-order chi connectivity index (χ1) is 8.18. The topological polar surface area (TPSA) is 76.0 Å². The molecule has 1 fully saturated rings. The molecule has 2 N–H and O–H groups in total. The first-order valence-corrected chi connectivity index (χ1v) is 7.38. The maximum Gasteiger partial charge on any atom is 0.214 e. The molecule has 17 heavy (non-hydrogen) atoms. The third-order valence-corrected chi connectivity index (χ3v) is 4.91. The van der Waals surface area contributed by atoms with E-state index in [0.29, 0.717) is 25.9 Å². The monoisotopic (exact) mass is 258 g/mol. The van der Waals surface area contributed by atoms with Crippen molar-refractivity contribution >= 4 is 10.0 Å². The third-order valence-electron chi connectivity index (χ3n) is 2.96. The van der Waals surface area contributed by atoms with Gasteiger partial charge in [-0.1, -0.05) is 0 Å². The normalized spacial score (nSPS) is 18.4. The van der Waals surface area contributed by atoms with E-state index in [4.69, 9.17) is 0 Å². The van der Waals surface area contributed by atoms with Gasteiger partial charge < -0.3 is 9.88 Å². The van der Waals surface area contributed by atoms with Crippen LogP contribution in [0.4, 0.5) is 0 Å². The minimum atomic E-state index is -3.16. The van der Waals surface area contributed by atoms with Crippen LogP contribution in [0.25, 0.3) is 0 Å². The smallest absolute Gasteiger partial charge is 0.214 e. The SMILES string of the molecule is O=S(=O)(NCCn1ccnc1)C1CCNCC1. The van der Waals surface area contributed by atoms with Crippen LogP contribution in [0.3, 0.4) is 0 Å². The lowest BCUT2D eigenvalue weighted by Gasteiger charge is -2.22. The Hall–Kier alpha value is -0.920. The Bertz CT molecular complexity index is 423. The van der Waals surface area contributed by atoms with Gasteiger partial charge in [-0.25, -0.2) is 18.1 Å². The highest BCUT2D eigenvalue weighted by Gasteiger charge is 2.26. The van der Waals surface area contributed by atoms with Crippen molar-refractivity contribution in [1.29, 1.82) is 0 Å². The quantitative estimate of drug-likeness (QED) is 0.750. The Morgan fingerprint density at radius 2 is 2.18 bits per heavy atom. The molecule has 0 atom stereocenters. The summed E-state index contributed by atoms with van der Waals surface area (Å²) in [7, 11) is -3.16. The number of nitrogens with one attached hydrogen (secondary N) is 2. The van der Waals surface area contributed by atoms with Gasteiger partial charge in [0.1, 0.15) is 0 Å². The molecule has 0 spiro atoms. The van der Waals surface area contributed by atoms with Crippen molar-refractivity contribution in [2.45, 2.75) is 24.6 Å². The molecule has 6 nitrogen and oxygen atoms in total. The number of aromatic nitrogens is 2. The highest BCUT2D eigenvalue weighted by Crippen LogP contribution is 2.11. The maximum absolute atomic E-state index is 12.0. The highest BCUT2D eigenvalue weighted by molar-refractivity contribution is 7.90. The van der Waals surface area contributed by atoms with Gasteiger partial charge in [-0.2, -0.15) is 0 Å². The molecule has 1 aliphatic heterocycles. The van der Waals surface area contributed by atoms with Gasteiger partial charge in [-0.05, 0) is 25.9 Å². The van der Waals surface area contributed by atoms with Crippen molar-refractivity contribution in [3.8, 4) is 0 Å². The van der Waals surface area contributed by atoms with E-state index in [2.05, 4.69) is 15.0 Å². The Balaban J connectivity index is 1.80. The maximum atomic E-state index is 12.0.